The van der Waals surface area contributed by atoms with Crippen molar-refractivity contribution in [3.8, 4) is 0 Å². The molecule has 2 saturated carbocycles. The average Bonchev–Trinajstić information content (AvgIpc) is 3.51. The van der Waals surface area contributed by atoms with Gasteiger partial charge in [-0.15, -0.1) is 0 Å². The number of nitrogens with one attached hydrogen (secondary N) is 1. The molecule has 8 atom stereocenters. The van der Waals surface area contributed by atoms with E-state index in [1.165, 1.54) is 24.8 Å². The minimum atomic E-state index is -3.32. The molecule has 1 N–H and O–H groups in total. The van der Waals surface area contributed by atoms with E-state index in [2.05, 4.69) is 30.4 Å². The summed E-state index contributed by atoms with van der Waals surface area (Å²) in [6, 6.07) is 10.2. The molecule has 7 heteroatoms. The number of benzene rings is 1. The molecule has 0 unspecified atom stereocenters. The van der Waals surface area contributed by atoms with Crippen LogP contribution in [0.3, 0.4) is 0 Å². The summed E-state index contributed by atoms with van der Waals surface area (Å²) < 4.78 is 35.6. The van der Waals surface area contributed by atoms with Crippen LogP contribution in [0.15, 0.2) is 53.1 Å². The number of fused-ring (bicyclic) bond motifs is 6. The van der Waals surface area contributed by atoms with Gasteiger partial charge in [0.25, 0.3) is 0 Å². The summed E-state index contributed by atoms with van der Waals surface area (Å²) in [6.07, 6.45) is 13.6. The third-order valence-corrected chi connectivity index (χ3v) is 14.2. The maximum atomic E-state index is 12.8. The lowest BCUT2D eigenvalue weighted by Crippen LogP contribution is -2.51. The number of sulfonamides is 1. The first-order valence-electron chi connectivity index (χ1n) is 17.4. The first-order chi connectivity index (χ1) is 21.0. The molecule has 44 heavy (non-hydrogen) atoms. The highest BCUT2D eigenvalue weighted by atomic mass is 32.2. The van der Waals surface area contributed by atoms with Crippen molar-refractivity contribution in [1.82, 2.24) is 9.62 Å². The molecule has 1 aromatic carbocycles. The highest BCUT2D eigenvalue weighted by Crippen LogP contribution is 2.63. The lowest BCUT2D eigenvalue weighted by Gasteiger charge is -2.48. The number of nitrogens with zero attached hydrogens (tertiary/aromatic N) is 1. The fraction of sp³-hybridized carbons (Fsp3) is 0.703. The third kappa shape index (κ3) is 5.80. The summed E-state index contributed by atoms with van der Waals surface area (Å²) in [5, 5.41) is 0. The van der Waals surface area contributed by atoms with Crippen LogP contribution in [0.2, 0.25) is 0 Å². The normalized spacial score (nSPS) is 39.0. The number of hydrogen-bond donors (Lipinski definition) is 1. The van der Waals surface area contributed by atoms with Crippen molar-refractivity contribution in [3.05, 3.63) is 58.7 Å². The summed E-state index contributed by atoms with van der Waals surface area (Å²) in [5.74, 6) is 3.09. The minimum absolute atomic E-state index is 0.0926. The molecule has 6 nitrogen and oxygen atoms in total. The van der Waals surface area contributed by atoms with Crippen molar-refractivity contribution in [3.63, 3.8) is 0 Å². The molecule has 6 aliphatic rings. The van der Waals surface area contributed by atoms with Crippen molar-refractivity contribution in [2.24, 2.45) is 29.1 Å². The minimum Gasteiger partial charge on any atom is -0.370 e. The predicted octanol–water partition coefficient (Wildman–Crippen LogP) is 6.23. The van der Waals surface area contributed by atoms with Gasteiger partial charge >= 0.3 is 0 Å². The molecule has 1 aromatic rings. The summed E-state index contributed by atoms with van der Waals surface area (Å²) >= 11 is 0. The Balaban J connectivity index is 1.01. The molecule has 0 amide bonds. The van der Waals surface area contributed by atoms with E-state index in [1.807, 2.05) is 36.4 Å². The van der Waals surface area contributed by atoms with Crippen LogP contribution >= 0.6 is 0 Å². The fourth-order valence-corrected chi connectivity index (χ4v) is 11.7. The van der Waals surface area contributed by atoms with Gasteiger partial charge in [-0.2, -0.15) is 0 Å². The van der Waals surface area contributed by atoms with E-state index in [0.29, 0.717) is 42.5 Å². The van der Waals surface area contributed by atoms with Gasteiger partial charge in [-0.3, -0.25) is 9.69 Å². The van der Waals surface area contributed by atoms with Gasteiger partial charge in [0, 0.05) is 32.1 Å². The highest BCUT2D eigenvalue weighted by molar-refractivity contribution is 7.89. The summed E-state index contributed by atoms with van der Waals surface area (Å²) in [4.78, 5) is 14.8. The summed E-state index contributed by atoms with van der Waals surface area (Å²) in [6.45, 7) is 9.38. The SMILES string of the molecule is CC1=C2C[C@H]3[C@@H](CCC4=CC(=O)CC[C@@]43C)[C@@H]2CC[C@]2(C1)C[C@H]1[C@@H](C[C@H](C)CN1CCNS(=O)(=O)CCc1ccccc1)O2. The van der Waals surface area contributed by atoms with Gasteiger partial charge in [0.15, 0.2) is 5.78 Å². The van der Waals surface area contributed by atoms with Crippen molar-refractivity contribution >= 4 is 15.8 Å². The van der Waals surface area contributed by atoms with E-state index in [-0.39, 0.29) is 22.9 Å². The van der Waals surface area contributed by atoms with E-state index in [4.69, 9.17) is 4.74 Å². The van der Waals surface area contributed by atoms with Crippen LogP contribution in [0.5, 0.6) is 0 Å². The van der Waals surface area contributed by atoms with Crippen LogP contribution in [0, 0.1) is 29.1 Å². The van der Waals surface area contributed by atoms with Crippen molar-refractivity contribution in [2.75, 3.05) is 25.4 Å². The molecule has 0 radical (unpaired) electrons. The van der Waals surface area contributed by atoms with E-state index in [0.717, 1.165) is 69.5 Å². The summed E-state index contributed by atoms with van der Waals surface area (Å²) in [5.41, 5.74) is 5.91. The monoisotopic (exact) mass is 620 g/mol. The molecule has 2 aliphatic heterocycles. The molecule has 1 spiro atoms. The number of ether oxygens (including phenoxy) is 1. The Hall–Kier alpha value is -1.80. The molecular formula is C37H52N2O4S. The molecule has 0 aromatic heterocycles. The number of piperidine rings is 1. The Morgan fingerprint density at radius 3 is 2.75 bits per heavy atom. The van der Waals surface area contributed by atoms with Gasteiger partial charge < -0.3 is 4.74 Å². The maximum Gasteiger partial charge on any atom is 0.211 e. The zero-order valence-corrected chi connectivity index (χ0v) is 27.8. The first-order valence-corrected chi connectivity index (χ1v) is 19.0. The maximum absolute atomic E-state index is 12.8. The van der Waals surface area contributed by atoms with E-state index < -0.39 is 10.0 Å². The largest absolute Gasteiger partial charge is 0.370 e. The second kappa shape index (κ2) is 11.8. The van der Waals surface area contributed by atoms with E-state index >= 15 is 0 Å². The molecule has 240 valence electrons. The molecular weight excluding hydrogens is 568 g/mol. The van der Waals surface area contributed by atoms with Gasteiger partial charge in [0.1, 0.15) is 0 Å². The number of hydrogen-bond acceptors (Lipinski definition) is 5. The molecule has 2 heterocycles. The smallest absolute Gasteiger partial charge is 0.211 e. The average molecular weight is 621 g/mol. The van der Waals surface area contributed by atoms with Crippen LogP contribution in [-0.2, 0) is 26.0 Å². The standard InChI is InChI=1S/C37H52N2O4S/c1-25-19-35-34(39(24-25)17-16-38-44(41,42)18-13-27-7-5-4-6-8-27)23-37(43-35)15-12-30-31-10-9-28-20-29(40)11-14-36(28,3)33(31)21-32(30)26(2)22-37/h4-8,20,25,30-31,33-35,38H,9-19,21-24H2,1-3H3/t25-,30-,31-,33-,34-,35+,36-,37-/m0/s1. The van der Waals surface area contributed by atoms with Crippen LogP contribution in [0.1, 0.15) is 90.5 Å². The van der Waals surface area contributed by atoms with Crippen LogP contribution < -0.4 is 4.72 Å². The molecule has 2 saturated heterocycles. The van der Waals surface area contributed by atoms with Gasteiger partial charge in [0.2, 0.25) is 10.0 Å². The Kier molecular flexibility index (Phi) is 8.25. The Bertz CT molecular complexity index is 1440. The zero-order valence-electron chi connectivity index (χ0n) is 27.0. The Morgan fingerprint density at radius 1 is 1.11 bits per heavy atom. The van der Waals surface area contributed by atoms with Crippen molar-refractivity contribution in [2.45, 2.75) is 109 Å². The third-order valence-electron chi connectivity index (χ3n) is 12.8. The fourth-order valence-electron chi connectivity index (χ4n) is 10.6. The van der Waals surface area contributed by atoms with Crippen LogP contribution in [-0.4, -0.2) is 62.2 Å². The second-order valence-corrected chi connectivity index (χ2v) is 17.5. The highest BCUT2D eigenvalue weighted by Gasteiger charge is 2.56. The van der Waals surface area contributed by atoms with E-state index in [1.54, 1.807) is 11.1 Å². The lowest BCUT2D eigenvalue weighted by atomic mass is 9.56. The second-order valence-electron chi connectivity index (χ2n) is 15.6. The number of rotatable bonds is 7. The number of carbonyl (C=O) groups is 1. The topological polar surface area (TPSA) is 75.7 Å². The number of likely N-dealkylation sites (tertiary alicyclic amines) is 1. The van der Waals surface area contributed by atoms with Crippen molar-refractivity contribution in [1.29, 1.82) is 0 Å². The summed E-state index contributed by atoms with van der Waals surface area (Å²) in [7, 11) is -3.32. The van der Waals surface area contributed by atoms with Gasteiger partial charge in [-0.05, 0) is 112 Å². The van der Waals surface area contributed by atoms with Crippen LogP contribution in [0.25, 0.3) is 0 Å². The van der Waals surface area contributed by atoms with Crippen molar-refractivity contribution < 1.29 is 17.9 Å². The first kappa shape index (κ1) is 30.8. The number of carbonyl (C=O) groups excluding carboxylic acids is 1. The number of ketones is 1. The quantitative estimate of drug-likeness (QED) is 0.366. The Morgan fingerprint density at radius 2 is 1.93 bits per heavy atom. The van der Waals surface area contributed by atoms with Crippen LogP contribution in [0.4, 0.5) is 0 Å². The van der Waals surface area contributed by atoms with E-state index in [9.17, 15) is 13.2 Å². The Labute approximate surface area is 265 Å². The zero-order chi connectivity index (χ0) is 30.7. The number of allylic oxidation sites excluding steroid dienone is 3. The molecule has 7 rings (SSSR count). The molecule has 4 fully saturated rings. The lowest BCUT2D eigenvalue weighted by molar-refractivity contribution is -0.116. The molecule has 4 aliphatic carbocycles. The van der Waals surface area contributed by atoms with Gasteiger partial charge in [0.05, 0.1) is 17.5 Å². The number of aryl methyl sites for hydroxylation is 1. The predicted molar refractivity (Wildman–Crippen MR) is 175 cm³/mol. The van der Waals surface area contributed by atoms with Gasteiger partial charge in [-0.25, -0.2) is 13.1 Å². The molecule has 0 bridgehead atoms. The van der Waals surface area contributed by atoms with Gasteiger partial charge in [-0.1, -0.05) is 60.9 Å².